The van der Waals surface area contributed by atoms with Crippen molar-refractivity contribution < 1.29 is 37.7 Å². The highest BCUT2D eigenvalue weighted by atomic mass is 32.1. The number of aliphatic hydroxyl groups excluding tert-OH is 2. The minimum atomic E-state index is -4.97. The number of alkyl halides is 3. The summed E-state index contributed by atoms with van der Waals surface area (Å²) in [5.74, 6) is -2.83. The van der Waals surface area contributed by atoms with Gasteiger partial charge in [0.1, 0.15) is 5.78 Å². The molecule has 5 unspecified atom stereocenters. The van der Waals surface area contributed by atoms with Gasteiger partial charge in [0.2, 0.25) is 5.60 Å². The number of aromatic nitrogens is 1. The molecule has 2 N–H and O–H groups in total. The average Bonchev–Trinajstić information content (AvgIpc) is 3.22. The van der Waals surface area contributed by atoms with Gasteiger partial charge < -0.3 is 14.9 Å². The number of halogens is 3. The Bertz CT molecular complexity index is 1060. The smallest absolute Gasteiger partial charge is 0.432 e. The van der Waals surface area contributed by atoms with Crippen molar-refractivity contribution in [1.29, 1.82) is 0 Å². The third kappa shape index (κ3) is 7.33. The van der Waals surface area contributed by atoms with Crippen LogP contribution in [0.2, 0.25) is 0 Å². The highest BCUT2D eigenvalue weighted by Gasteiger charge is 2.59. The van der Waals surface area contributed by atoms with Crippen molar-refractivity contribution in [3.05, 3.63) is 33.3 Å². The number of cyclic esters (lactones) is 1. The molecule has 214 valence electrons. The number of ether oxygens (including phenoxy) is 1. The predicted octanol–water partition coefficient (Wildman–Crippen LogP) is 6.20. The van der Waals surface area contributed by atoms with Crippen LogP contribution in [0.15, 0.2) is 22.6 Å². The van der Waals surface area contributed by atoms with E-state index in [0.717, 1.165) is 0 Å². The molecule has 1 aromatic rings. The second-order valence-corrected chi connectivity index (χ2v) is 12.2. The van der Waals surface area contributed by atoms with Crippen molar-refractivity contribution in [3.8, 4) is 0 Å². The number of aryl methyl sites for hydroxylation is 1. The Morgan fingerprint density at radius 3 is 2.39 bits per heavy atom. The Balaban J connectivity index is 2.59. The van der Waals surface area contributed by atoms with E-state index in [1.165, 1.54) is 44.3 Å². The number of rotatable bonds is 2. The van der Waals surface area contributed by atoms with Crippen LogP contribution in [0.3, 0.4) is 0 Å². The van der Waals surface area contributed by atoms with Crippen LogP contribution in [0.25, 0.3) is 6.08 Å². The standard InChI is InChI=1S/C28H40F3NO5S/c1-16-9-8-10-17(2)24(35)19(4)25(36)26(6,7)22(33)14-23(34)37-27(12-11-16,28(29,30)31)18(3)13-21-15-38-20(5)32-21/h11,13,15,17,19,22,24,33,35H,8-10,12,14H2,1-7H3/b16-11-,18-13?. The minimum Gasteiger partial charge on any atom is -0.444 e. The van der Waals surface area contributed by atoms with Gasteiger partial charge in [0.05, 0.1) is 34.7 Å². The van der Waals surface area contributed by atoms with Gasteiger partial charge in [-0.05, 0) is 57.6 Å². The number of hydrogen-bond acceptors (Lipinski definition) is 7. The molecule has 1 aliphatic rings. The fraction of sp³-hybridized carbons (Fsp3) is 0.679. The summed E-state index contributed by atoms with van der Waals surface area (Å²) in [6.07, 6.45) is -4.67. The van der Waals surface area contributed by atoms with Crippen molar-refractivity contribution in [1.82, 2.24) is 4.98 Å². The van der Waals surface area contributed by atoms with Crippen molar-refractivity contribution >= 4 is 29.2 Å². The maximum atomic E-state index is 14.8. The number of ketones is 1. The highest BCUT2D eigenvalue weighted by molar-refractivity contribution is 7.09. The van der Waals surface area contributed by atoms with E-state index in [4.69, 9.17) is 4.74 Å². The molecule has 0 fully saturated rings. The van der Waals surface area contributed by atoms with Gasteiger partial charge >= 0.3 is 12.1 Å². The number of esters is 1. The first-order valence-electron chi connectivity index (χ1n) is 12.9. The van der Waals surface area contributed by atoms with Crippen LogP contribution in [-0.4, -0.2) is 50.9 Å². The summed E-state index contributed by atoms with van der Waals surface area (Å²) in [6, 6.07) is 0. The SMILES string of the molecule is CC(=Cc1csc(C)n1)C1(C(F)(F)F)C/C=C(/C)CCCC(C)C(O)C(C)C(=O)C(C)(C)C(O)CC(=O)O1. The van der Waals surface area contributed by atoms with Crippen LogP contribution in [0.4, 0.5) is 13.2 Å². The molecule has 0 aliphatic carbocycles. The van der Waals surface area contributed by atoms with Gasteiger partial charge in [-0.15, -0.1) is 11.3 Å². The van der Waals surface area contributed by atoms with E-state index in [1.807, 2.05) is 6.92 Å². The Labute approximate surface area is 227 Å². The Hall–Kier alpha value is -2.04. The molecular formula is C28H40F3NO5S. The number of aliphatic hydroxyl groups is 2. The Morgan fingerprint density at radius 1 is 1.21 bits per heavy atom. The van der Waals surface area contributed by atoms with E-state index < -0.39 is 59.9 Å². The normalized spacial score (nSPS) is 32.4. The van der Waals surface area contributed by atoms with Gasteiger partial charge in [-0.1, -0.05) is 39.3 Å². The fourth-order valence-corrected chi connectivity index (χ4v) is 5.38. The molecule has 2 heterocycles. The fourth-order valence-electron chi connectivity index (χ4n) is 4.81. The van der Waals surface area contributed by atoms with Gasteiger partial charge in [-0.25, -0.2) is 4.98 Å². The van der Waals surface area contributed by atoms with Crippen molar-refractivity contribution in [2.75, 3.05) is 0 Å². The summed E-state index contributed by atoms with van der Waals surface area (Å²) in [5, 5.41) is 23.9. The van der Waals surface area contributed by atoms with E-state index in [1.54, 1.807) is 26.2 Å². The Kier molecular flexibility index (Phi) is 10.5. The first-order valence-corrected chi connectivity index (χ1v) is 13.8. The molecule has 2 rings (SSSR count). The summed E-state index contributed by atoms with van der Waals surface area (Å²) < 4.78 is 49.6. The van der Waals surface area contributed by atoms with Crippen LogP contribution < -0.4 is 0 Å². The van der Waals surface area contributed by atoms with E-state index in [9.17, 15) is 33.0 Å². The number of carbonyl (C=O) groups excluding carboxylic acids is 2. The molecule has 38 heavy (non-hydrogen) atoms. The molecule has 1 aliphatic heterocycles. The molecule has 1 aromatic heterocycles. The second kappa shape index (κ2) is 12.4. The summed E-state index contributed by atoms with van der Waals surface area (Å²) >= 11 is 1.29. The third-order valence-electron chi connectivity index (χ3n) is 7.69. The molecule has 0 amide bonds. The zero-order valence-electron chi connectivity index (χ0n) is 23.2. The van der Waals surface area contributed by atoms with Crippen LogP contribution in [-0.2, 0) is 14.3 Å². The van der Waals surface area contributed by atoms with E-state index in [2.05, 4.69) is 4.98 Å². The topological polar surface area (TPSA) is 96.7 Å². The molecule has 0 aromatic carbocycles. The largest absolute Gasteiger partial charge is 0.444 e. The molecule has 0 saturated heterocycles. The summed E-state index contributed by atoms with van der Waals surface area (Å²) in [4.78, 5) is 30.4. The van der Waals surface area contributed by atoms with Gasteiger partial charge in [0.15, 0.2) is 0 Å². The van der Waals surface area contributed by atoms with E-state index in [-0.39, 0.29) is 11.5 Å². The molecule has 6 nitrogen and oxygen atoms in total. The van der Waals surface area contributed by atoms with E-state index in [0.29, 0.717) is 35.5 Å². The van der Waals surface area contributed by atoms with Crippen molar-refractivity contribution in [3.63, 3.8) is 0 Å². The van der Waals surface area contributed by atoms with Crippen molar-refractivity contribution in [2.24, 2.45) is 17.3 Å². The number of thiazole rings is 1. The van der Waals surface area contributed by atoms with Gasteiger partial charge in [0.25, 0.3) is 0 Å². The molecule has 10 heteroatoms. The quantitative estimate of drug-likeness (QED) is 0.331. The lowest BCUT2D eigenvalue weighted by Gasteiger charge is -2.37. The molecule has 5 atom stereocenters. The lowest BCUT2D eigenvalue weighted by atomic mass is 9.73. The lowest BCUT2D eigenvalue weighted by Crippen LogP contribution is -2.51. The molecule has 0 bridgehead atoms. The van der Waals surface area contributed by atoms with Crippen molar-refractivity contribution in [2.45, 2.75) is 105 Å². The number of carbonyl (C=O) groups is 2. The minimum absolute atomic E-state index is 0.242. The van der Waals surface area contributed by atoms with E-state index >= 15 is 0 Å². The highest BCUT2D eigenvalue weighted by Crippen LogP contribution is 2.44. The van der Waals surface area contributed by atoms with Crippen LogP contribution >= 0.6 is 11.3 Å². The summed E-state index contributed by atoms with van der Waals surface area (Å²) in [6.45, 7) is 10.9. The summed E-state index contributed by atoms with van der Waals surface area (Å²) in [5.41, 5.74) is -3.72. The first kappa shape index (κ1) is 32.2. The molecule has 0 radical (unpaired) electrons. The number of hydrogen-bond donors (Lipinski definition) is 2. The van der Waals surface area contributed by atoms with Crippen LogP contribution in [0.1, 0.15) is 84.3 Å². The van der Waals surface area contributed by atoms with Gasteiger partial charge in [0, 0.05) is 17.7 Å². The second-order valence-electron chi connectivity index (χ2n) is 11.1. The zero-order chi connectivity index (χ0) is 29.1. The monoisotopic (exact) mass is 559 g/mol. The maximum Gasteiger partial charge on any atom is 0.432 e. The molecular weight excluding hydrogens is 519 g/mol. The first-order chi connectivity index (χ1) is 17.4. The lowest BCUT2D eigenvalue weighted by molar-refractivity contribution is -0.255. The third-order valence-corrected chi connectivity index (χ3v) is 8.48. The van der Waals surface area contributed by atoms with Gasteiger partial charge in [-0.2, -0.15) is 13.2 Å². The number of Topliss-reactive ketones (excluding diaryl/α,β-unsaturated/α-hetero) is 1. The zero-order valence-corrected chi connectivity index (χ0v) is 24.0. The molecule has 0 saturated carbocycles. The predicted molar refractivity (Wildman–Crippen MR) is 141 cm³/mol. The number of allylic oxidation sites excluding steroid dienone is 1. The molecule has 0 spiro atoms. The average molecular weight is 560 g/mol. The Morgan fingerprint density at radius 2 is 1.84 bits per heavy atom. The summed E-state index contributed by atoms with van der Waals surface area (Å²) in [7, 11) is 0. The van der Waals surface area contributed by atoms with Gasteiger partial charge in [-0.3, -0.25) is 9.59 Å². The number of nitrogens with zero attached hydrogens (tertiary/aromatic N) is 1. The maximum absolute atomic E-state index is 14.8. The van der Waals surface area contributed by atoms with Crippen LogP contribution in [0, 0.1) is 24.2 Å². The van der Waals surface area contributed by atoms with Crippen LogP contribution in [0.5, 0.6) is 0 Å².